The fourth-order valence-electron chi connectivity index (χ4n) is 3.12. The van der Waals surface area contributed by atoms with Gasteiger partial charge in [-0.1, -0.05) is 37.3 Å². The third kappa shape index (κ3) is 6.12. The van der Waals surface area contributed by atoms with Crippen LogP contribution in [0.5, 0.6) is 0 Å². The second-order valence-corrected chi connectivity index (χ2v) is 6.91. The summed E-state index contributed by atoms with van der Waals surface area (Å²) < 4.78 is 19.2. The zero-order valence-electron chi connectivity index (χ0n) is 17.0. The van der Waals surface area contributed by atoms with Crippen molar-refractivity contribution in [2.75, 3.05) is 13.2 Å². The van der Waals surface area contributed by atoms with Crippen molar-refractivity contribution in [1.29, 1.82) is 0 Å². The Hall–Kier alpha value is -3.25. The quantitative estimate of drug-likeness (QED) is 0.473. The van der Waals surface area contributed by atoms with Crippen molar-refractivity contribution < 1.29 is 9.13 Å². The highest BCUT2D eigenvalue weighted by Gasteiger charge is 2.06. The van der Waals surface area contributed by atoms with E-state index in [1.165, 1.54) is 6.07 Å². The van der Waals surface area contributed by atoms with Gasteiger partial charge in [-0.3, -0.25) is 0 Å². The summed E-state index contributed by atoms with van der Waals surface area (Å²) in [6.07, 6.45) is 17.8. The number of hydrogen-bond donors (Lipinski definition) is 1. The SMILES string of the molecule is CC/C=C(\C=C=C1C=C=CC(c2ccc(F)cc2C)=CC1)COC1=CC=CCN1. The molecular formula is C26H26FNO. The van der Waals surface area contributed by atoms with Crippen LogP contribution in [0.15, 0.2) is 95.3 Å². The van der Waals surface area contributed by atoms with E-state index in [0.29, 0.717) is 6.61 Å². The Morgan fingerprint density at radius 2 is 2.24 bits per heavy atom. The summed E-state index contributed by atoms with van der Waals surface area (Å²) >= 11 is 0. The molecule has 0 amide bonds. The lowest BCUT2D eigenvalue weighted by molar-refractivity contribution is 0.219. The predicted octanol–water partition coefficient (Wildman–Crippen LogP) is 6.07. The van der Waals surface area contributed by atoms with Gasteiger partial charge < -0.3 is 10.1 Å². The highest BCUT2D eigenvalue weighted by molar-refractivity contribution is 5.76. The first-order valence-corrected chi connectivity index (χ1v) is 9.93. The number of hydrogen-bond acceptors (Lipinski definition) is 2. The average molecular weight is 387 g/mol. The van der Waals surface area contributed by atoms with Crippen molar-refractivity contribution in [3.05, 3.63) is 112 Å². The van der Waals surface area contributed by atoms with Crippen LogP contribution >= 0.6 is 0 Å². The van der Waals surface area contributed by atoms with Gasteiger partial charge in [0.2, 0.25) is 0 Å². The van der Waals surface area contributed by atoms with Crippen molar-refractivity contribution >= 4 is 5.57 Å². The first-order chi connectivity index (χ1) is 14.2. The standard InChI is InChI=1S/C26H26FNO/c1-3-7-22(19-29-26-10-4-5-17-28-26)12-11-21-8-6-9-23(14-13-21)25-16-15-24(27)18-20(25)2/h4-5,7-10,12,14-16,18,28H,3,13,17,19H2,1-2H3/b22-7+. The Labute approximate surface area is 172 Å². The van der Waals surface area contributed by atoms with Crippen LogP contribution < -0.4 is 5.32 Å². The minimum Gasteiger partial charge on any atom is -0.474 e. The zero-order chi connectivity index (χ0) is 20.5. The molecular weight excluding hydrogens is 361 g/mol. The van der Waals surface area contributed by atoms with Crippen LogP contribution in [0.25, 0.3) is 5.57 Å². The summed E-state index contributed by atoms with van der Waals surface area (Å²) in [5.41, 5.74) is 11.7. The lowest BCUT2D eigenvalue weighted by Crippen LogP contribution is -2.18. The van der Waals surface area contributed by atoms with Crippen molar-refractivity contribution in [2.45, 2.75) is 26.7 Å². The lowest BCUT2D eigenvalue weighted by Gasteiger charge is -2.13. The molecule has 1 aromatic carbocycles. The highest BCUT2D eigenvalue weighted by Crippen LogP contribution is 2.24. The molecule has 0 bridgehead atoms. The highest BCUT2D eigenvalue weighted by atomic mass is 19.1. The van der Waals surface area contributed by atoms with E-state index in [9.17, 15) is 4.39 Å². The van der Waals surface area contributed by atoms with E-state index in [0.717, 1.165) is 53.1 Å². The van der Waals surface area contributed by atoms with Gasteiger partial charge in [-0.15, -0.1) is 11.5 Å². The molecule has 0 fully saturated rings. The van der Waals surface area contributed by atoms with Crippen molar-refractivity contribution in [1.82, 2.24) is 5.32 Å². The summed E-state index contributed by atoms with van der Waals surface area (Å²) in [6, 6.07) is 4.88. The molecule has 0 saturated heterocycles. The molecule has 2 aliphatic rings. The van der Waals surface area contributed by atoms with Gasteiger partial charge in [0.25, 0.3) is 0 Å². The second kappa shape index (κ2) is 10.3. The Morgan fingerprint density at radius 1 is 1.34 bits per heavy atom. The van der Waals surface area contributed by atoms with Gasteiger partial charge in [-0.2, -0.15) is 0 Å². The number of rotatable bonds is 6. The Kier molecular flexibility index (Phi) is 7.30. The van der Waals surface area contributed by atoms with Crippen molar-refractivity contribution in [2.24, 2.45) is 0 Å². The molecule has 0 radical (unpaired) electrons. The molecule has 1 aromatic rings. The fraction of sp³-hybridized carbons (Fsp3) is 0.231. The van der Waals surface area contributed by atoms with E-state index in [1.54, 1.807) is 6.07 Å². The van der Waals surface area contributed by atoms with Gasteiger partial charge in [0.15, 0.2) is 5.88 Å². The summed E-state index contributed by atoms with van der Waals surface area (Å²) in [4.78, 5) is 0. The van der Waals surface area contributed by atoms with Gasteiger partial charge in [0, 0.05) is 12.1 Å². The minimum atomic E-state index is -0.212. The first kappa shape index (κ1) is 20.5. The van der Waals surface area contributed by atoms with Gasteiger partial charge in [-0.05, 0) is 78.5 Å². The summed E-state index contributed by atoms with van der Waals surface area (Å²) in [6.45, 7) is 5.32. The van der Waals surface area contributed by atoms with E-state index >= 15 is 0 Å². The van der Waals surface area contributed by atoms with Crippen LogP contribution in [0.1, 0.15) is 30.9 Å². The largest absolute Gasteiger partial charge is 0.474 e. The number of ether oxygens (including phenoxy) is 1. The minimum absolute atomic E-state index is 0.212. The van der Waals surface area contributed by atoms with Gasteiger partial charge in [-0.25, -0.2) is 4.39 Å². The predicted molar refractivity (Wildman–Crippen MR) is 118 cm³/mol. The second-order valence-electron chi connectivity index (χ2n) is 6.91. The maximum atomic E-state index is 13.4. The van der Waals surface area contributed by atoms with Crippen LogP contribution in [0, 0.1) is 12.7 Å². The number of aryl methyl sites for hydroxylation is 1. The van der Waals surface area contributed by atoms with Crippen LogP contribution in [0.4, 0.5) is 4.39 Å². The molecule has 29 heavy (non-hydrogen) atoms. The topological polar surface area (TPSA) is 21.3 Å². The molecule has 1 aliphatic carbocycles. The maximum absolute atomic E-state index is 13.4. The third-order valence-electron chi connectivity index (χ3n) is 4.62. The van der Waals surface area contributed by atoms with Crippen molar-refractivity contribution in [3.63, 3.8) is 0 Å². The maximum Gasteiger partial charge on any atom is 0.187 e. The first-order valence-electron chi connectivity index (χ1n) is 9.93. The van der Waals surface area contributed by atoms with E-state index in [-0.39, 0.29) is 5.82 Å². The number of nitrogens with one attached hydrogen (secondary N) is 1. The van der Waals surface area contributed by atoms with E-state index in [4.69, 9.17) is 4.74 Å². The van der Waals surface area contributed by atoms with Crippen LogP contribution in [0.2, 0.25) is 0 Å². The summed E-state index contributed by atoms with van der Waals surface area (Å²) in [5.74, 6) is 0.575. The summed E-state index contributed by atoms with van der Waals surface area (Å²) in [7, 11) is 0. The molecule has 1 aliphatic heterocycles. The number of allylic oxidation sites excluding steroid dienone is 6. The third-order valence-corrected chi connectivity index (χ3v) is 4.62. The molecule has 3 rings (SSSR count). The van der Waals surface area contributed by atoms with Gasteiger partial charge in [0.05, 0.1) is 0 Å². The molecule has 0 saturated carbocycles. The molecule has 3 heteroatoms. The Morgan fingerprint density at radius 3 is 3.00 bits per heavy atom. The zero-order valence-corrected chi connectivity index (χ0v) is 17.0. The molecule has 0 unspecified atom stereocenters. The van der Waals surface area contributed by atoms with E-state index in [2.05, 4.69) is 35.9 Å². The normalized spacial score (nSPS) is 15.8. The lowest BCUT2D eigenvalue weighted by atomic mass is 9.99. The molecule has 0 atom stereocenters. The van der Waals surface area contributed by atoms with Gasteiger partial charge >= 0.3 is 0 Å². The number of dihydropyridines is 1. The molecule has 1 N–H and O–H groups in total. The molecule has 1 heterocycles. The molecule has 0 aromatic heterocycles. The average Bonchev–Trinajstić information content (AvgIpc) is 2.96. The van der Waals surface area contributed by atoms with Crippen molar-refractivity contribution in [3.8, 4) is 0 Å². The van der Waals surface area contributed by atoms with Gasteiger partial charge in [0.1, 0.15) is 12.4 Å². The molecule has 0 spiro atoms. The molecule has 2 nitrogen and oxygen atoms in total. The van der Waals surface area contributed by atoms with Crippen LogP contribution in [0.3, 0.4) is 0 Å². The molecule has 148 valence electrons. The number of halogens is 1. The fourth-order valence-corrected chi connectivity index (χ4v) is 3.12. The van der Waals surface area contributed by atoms with Crippen LogP contribution in [-0.4, -0.2) is 13.2 Å². The Bertz CT molecular complexity index is 1010. The smallest absolute Gasteiger partial charge is 0.187 e. The number of benzene rings is 1. The van der Waals surface area contributed by atoms with E-state index in [1.807, 2.05) is 49.4 Å². The van der Waals surface area contributed by atoms with E-state index < -0.39 is 0 Å². The monoisotopic (exact) mass is 387 g/mol. The van der Waals surface area contributed by atoms with Crippen LogP contribution in [-0.2, 0) is 4.74 Å². The Balaban J connectivity index is 1.73. The summed E-state index contributed by atoms with van der Waals surface area (Å²) in [5, 5.41) is 3.19.